The molecule has 28 heavy (non-hydrogen) atoms. The molecule has 8 nitrogen and oxygen atoms in total. The molecule has 2 aromatic heterocycles. The van der Waals surface area contributed by atoms with Crippen LogP contribution in [0.4, 0.5) is 11.5 Å². The molecule has 1 aliphatic heterocycles. The van der Waals surface area contributed by atoms with E-state index in [0.29, 0.717) is 30.2 Å². The van der Waals surface area contributed by atoms with E-state index in [1.165, 1.54) is 6.26 Å². The van der Waals surface area contributed by atoms with E-state index in [0.717, 1.165) is 23.9 Å². The van der Waals surface area contributed by atoms with E-state index in [1.54, 1.807) is 29.0 Å². The largest absolute Gasteiger partial charge is 0.381 e. The number of hydrogen-bond donors (Lipinski definition) is 2. The van der Waals surface area contributed by atoms with Crippen LogP contribution in [0.15, 0.2) is 40.2 Å². The first-order valence-electron chi connectivity index (χ1n) is 9.08. The molecule has 0 atom stereocenters. The van der Waals surface area contributed by atoms with Crippen LogP contribution in [0.1, 0.15) is 24.4 Å². The number of sulfone groups is 1. The van der Waals surface area contributed by atoms with Gasteiger partial charge < -0.3 is 15.0 Å². The predicted molar refractivity (Wildman–Crippen MR) is 107 cm³/mol. The summed E-state index contributed by atoms with van der Waals surface area (Å²) < 4.78 is 30.9. The lowest BCUT2D eigenvalue weighted by Gasteiger charge is -2.23. The number of nitrogens with zero attached hydrogens (tertiary/aromatic N) is 2. The van der Waals surface area contributed by atoms with Gasteiger partial charge in [-0.15, -0.1) is 0 Å². The molecule has 2 N–H and O–H groups in total. The fourth-order valence-corrected chi connectivity index (χ4v) is 4.15. The second kappa shape index (κ2) is 7.06. The van der Waals surface area contributed by atoms with E-state index in [-0.39, 0.29) is 16.6 Å². The molecule has 0 spiro atoms. The molecule has 1 saturated heterocycles. The number of fused-ring (bicyclic) bond motifs is 1. The molecular weight excluding hydrogens is 380 g/mol. The van der Waals surface area contributed by atoms with Crippen molar-refractivity contribution in [2.45, 2.75) is 30.7 Å². The Balaban J connectivity index is 1.73. The summed E-state index contributed by atoms with van der Waals surface area (Å²) in [5.74, 6) is 0.543. The van der Waals surface area contributed by atoms with Gasteiger partial charge in [0.1, 0.15) is 5.82 Å². The van der Waals surface area contributed by atoms with Gasteiger partial charge in [-0.25, -0.2) is 18.2 Å². The van der Waals surface area contributed by atoms with Gasteiger partial charge in [-0.1, -0.05) is 6.07 Å². The van der Waals surface area contributed by atoms with Gasteiger partial charge in [0, 0.05) is 37.3 Å². The van der Waals surface area contributed by atoms with Crippen molar-refractivity contribution in [3.8, 4) is 0 Å². The summed E-state index contributed by atoms with van der Waals surface area (Å²) >= 11 is 0. The highest BCUT2D eigenvalue weighted by Gasteiger charge is 2.20. The molecule has 1 aromatic carbocycles. The van der Waals surface area contributed by atoms with Crippen LogP contribution in [0, 0.1) is 6.92 Å². The molecule has 1 aliphatic rings. The summed E-state index contributed by atoms with van der Waals surface area (Å²) in [6, 6.07) is 6.84. The molecule has 0 amide bonds. The molecule has 0 radical (unpaired) electrons. The summed E-state index contributed by atoms with van der Waals surface area (Å²) in [6.45, 7) is 3.16. The number of ether oxygens (including phenoxy) is 1. The lowest BCUT2D eigenvalue weighted by Crippen LogP contribution is -2.27. The molecule has 0 saturated carbocycles. The molecule has 3 aromatic rings. The Bertz CT molecular complexity index is 1190. The first-order valence-corrected chi connectivity index (χ1v) is 11.0. The van der Waals surface area contributed by atoms with Crippen molar-refractivity contribution in [1.82, 2.24) is 14.5 Å². The van der Waals surface area contributed by atoms with Crippen LogP contribution in [0.5, 0.6) is 0 Å². The average molecular weight is 402 g/mol. The van der Waals surface area contributed by atoms with Gasteiger partial charge >= 0.3 is 5.69 Å². The lowest BCUT2D eigenvalue weighted by molar-refractivity contribution is 0.0698. The number of benzene rings is 1. The first kappa shape index (κ1) is 18.7. The summed E-state index contributed by atoms with van der Waals surface area (Å²) in [4.78, 5) is 19.9. The minimum atomic E-state index is -3.31. The zero-order chi connectivity index (χ0) is 19.9. The summed E-state index contributed by atoms with van der Waals surface area (Å²) in [5, 5.41) is 3.19. The van der Waals surface area contributed by atoms with Gasteiger partial charge in [0.25, 0.3) is 0 Å². The van der Waals surface area contributed by atoms with E-state index >= 15 is 0 Å². The Hall–Kier alpha value is -2.65. The maximum atomic E-state index is 12.5. The number of nitrogens with one attached hydrogen (secondary N) is 2. The Morgan fingerprint density at radius 2 is 2.00 bits per heavy atom. The third-order valence-corrected chi connectivity index (χ3v) is 6.17. The number of pyridine rings is 1. The average Bonchev–Trinajstić information content (AvgIpc) is 2.98. The molecular formula is C19H22N4O4S. The van der Waals surface area contributed by atoms with Crippen LogP contribution in [0.3, 0.4) is 0 Å². The second-order valence-electron chi connectivity index (χ2n) is 7.10. The van der Waals surface area contributed by atoms with Crippen molar-refractivity contribution in [2.75, 3.05) is 24.8 Å². The zero-order valence-electron chi connectivity index (χ0n) is 15.7. The monoisotopic (exact) mass is 402 g/mol. The number of aromatic amines is 1. The van der Waals surface area contributed by atoms with Crippen LogP contribution in [0.2, 0.25) is 0 Å². The van der Waals surface area contributed by atoms with Crippen molar-refractivity contribution in [1.29, 1.82) is 0 Å². The molecule has 0 aliphatic carbocycles. The maximum Gasteiger partial charge on any atom is 0.326 e. The Kier molecular flexibility index (Phi) is 4.72. The number of anilines is 2. The molecule has 9 heteroatoms. The van der Waals surface area contributed by atoms with Gasteiger partial charge in [-0.3, -0.25) is 4.57 Å². The van der Waals surface area contributed by atoms with Gasteiger partial charge in [-0.05, 0) is 37.5 Å². The van der Waals surface area contributed by atoms with Crippen molar-refractivity contribution in [3.05, 3.63) is 46.5 Å². The highest BCUT2D eigenvalue weighted by Crippen LogP contribution is 2.27. The van der Waals surface area contributed by atoms with Gasteiger partial charge in [-0.2, -0.15) is 0 Å². The fourth-order valence-electron chi connectivity index (χ4n) is 3.50. The van der Waals surface area contributed by atoms with E-state index in [9.17, 15) is 13.2 Å². The number of hydrogen-bond acceptors (Lipinski definition) is 6. The Morgan fingerprint density at radius 1 is 1.25 bits per heavy atom. The summed E-state index contributed by atoms with van der Waals surface area (Å²) in [5.41, 5.74) is 2.83. The molecule has 3 heterocycles. The molecule has 0 unspecified atom stereocenters. The standard InChI is InChI=1S/C19H22N4O4S/c1-12-3-4-14(28(2,25)26)9-15(12)21-18-10-17-16(11-20-18)22-19(24)23(17)13-5-7-27-8-6-13/h3-4,9-11,13H,5-8H2,1-2H3,(H,20,21)(H,22,24). The second-order valence-corrected chi connectivity index (χ2v) is 9.12. The lowest BCUT2D eigenvalue weighted by atomic mass is 10.1. The third-order valence-electron chi connectivity index (χ3n) is 5.06. The smallest absolute Gasteiger partial charge is 0.326 e. The number of rotatable bonds is 4. The SMILES string of the molecule is Cc1ccc(S(C)(=O)=O)cc1Nc1cc2c(cn1)[nH]c(=O)n2C1CCOCC1. The van der Waals surface area contributed by atoms with Crippen LogP contribution < -0.4 is 11.0 Å². The highest BCUT2D eigenvalue weighted by molar-refractivity contribution is 7.90. The normalized spacial score (nSPS) is 15.8. The first-order chi connectivity index (χ1) is 13.3. The topological polar surface area (TPSA) is 106 Å². The summed E-state index contributed by atoms with van der Waals surface area (Å²) in [6.07, 6.45) is 4.36. The van der Waals surface area contributed by atoms with Gasteiger partial charge in [0.05, 0.1) is 22.1 Å². The molecule has 0 bridgehead atoms. The minimum Gasteiger partial charge on any atom is -0.381 e. The van der Waals surface area contributed by atoms with E-state index in [2.05, 4.69) is 15.3 Å². The fraction of sp³-hybridized carbons (Fsp3) is 0.368. The van der Waals surface area contributed by atoms with Gasteiger partial charge in [0.2, 0.25) is 0 Å². The zero-order valence-corrected chi connectivity index (χ0v) is 16.5. The Morgan fingerprint density at radius 3 is 2.71 bits per heavy atom. The molecule has 1 fully saturated rings. The number of aromatic nitrogens is 3. The highest BCUT2D eigenvalue weighted by atomic mass is 32.2. The number of imidazole rings is 1. The quantitative estimate of drug-likeness (QED) is 0.695. The third kappa shape index (κ3) is 3.55. The Labute approximate surface area is 162 Å². The van der Waals surface area contributed by atoms with Crippen LogP contribution in [-0.4, -0.2) is 42.4 Å². The summed E-state index contributed by atoms with van der Waals surface area (Å²) in [7, 11) is -3.31. The predicted octanol–water partition coefficient (Wildman–Crippen LogP) is 2.53. The van der Waals surface area contributed by atoms with Crippen LogP contribution >= 0.6 is 0 Å². The number of aryl methyl sites for hydroxylation is 1. The maximum absolute atomic E-state index is 12.5. The van der Waals surface area contributed by atoms with Crippen molar-refractivity contribution in [2.24, 2.45) is 0 Å². The van der Waals surface area contributed by atoms with Crippen LogP contribution in [0.25, 0.3) is 11.0 Å². The number of H-pyrrole nitrogens is 1. The van der Waals surface area contributed by atoms with Crippen molar-refractivity contribution in [3.63, 3.8) is 0 Å². The van der Waals surface area contributed by atoms with E-state index in [4.69, 9.17) is 4.74 Å². The van der Waals surface area contributed by atoms with Gasteiger partial charge in [0.15, 0.2) is 9.84 Å². The molecule has 4 rings (SSSR count). The molecule has 148 valence electrons. The van der Waals surface area contributed by atoms with E-state index < -0.39 is 9.84 Å². The van der Waals surface area contributed by atoms with E-state index in [1.807, 2.05) is 13.0 Å². The minimum absolute atomic E-state index is 0.0838. The van der Waals surface area contributed by atoms with Crippen molar-refractivity contribution >= 4 is 32.4 Å². The van der Waals surface area contributed by atoms with Crippen molar-refractivity contribution < 1.29 is 13.2 Å². The van der Waals surface area contributed by atoms with Crippen LogP contribution in [-0.2, 0) is 14.6 Å².